The van der Waals surface area contributed by atoms with Crippen molar-refractivity contribution < 1.29 is 9.90 Å². The van der Waals surface area contributed by atoms with Gasteiger partial charge in [-0.2, -0.15) is 0 Å². The highest BCUT2D eigenvalue weighted by Gasteiger charge is 2.22. The van der Waals surface area contributed by atoms with E-state index in [2.05, 4.69) is 42.6 Å². The zero-order valence-corrected chi connectivity index (χ0v) is 20.5. The summed E-state index contributed by atoms with van der Waals surface area (Å²) in [5, 5.41) is 14.2. The predicted molar refractivity (Wildman–Crippen MR) is 144 cm³/mol. The number of hydrogen-bond acceptors (Lipinski definition) is 3. The first-order valence-corrected chi connectivity index (χ1v) is 12.1. The Morgan fingerprint density at radius 3 is 2.53 bits per heavy atom. The maximum Gasteiger partial charge on any atom is 0.225 e. The lowest BCUT2D eigenvalue weighted by Gasteiger charge is -2.22. The maximum absolute atomic E-state index is 13.4. The molecule has 0 aliphatic rings. The molecule has 0 saturated carbocycles. The van der Waals surface area contributed by atoms with Crippen LogP contribution in [0.25, 0.3) is 22.0 Å². The molecule has 5 nitrogen and oxygen atoms in total. The number of pyridine rings is 1. The topological polar surface area (TPSA) is 67.2 Å². The summed E-state index contributed by atoms with van der Waals surface area (Å²) < 4.78 is 1.98. The summed E-state index contributed by atoms with van der Waals surface area (Å²) in [6, 6.07) is 27.4. The summed E-state index contributed by atoms with van der Waals surface area (Å²) in [5.41, 5.74) is 7.11. The van der Waals surface area contributed by atoms with Crippen molar-refractivity contribution in [1.82, 2.24) is 14.9 Å². The van der Waals surface area contributed by atoms with Crippen molar-refractivity contribution in [1.29, 1.82) is 0 Å². The second-order valence-corrected chi connectivity index (χ2v) is 9.20. The zero-order chi connectivity index (χ0) is 25.1. The van der Waals surface area contributed by atoms with Crippen LogP contribution in [-0.4, -0.2) is 20.6 Å². The van der Waals surface area contributed by atoms with E-state index < -0.39 is 0 Å². The largest absolute Gasteiger partial charge is 0.508 e. The van der Waals surface area contributed by atoms with Gasteiger partial charge in [-0.1, -0.05) is 60.7 Å². The SMILES string of the molecule is Cc1ccccc1-c1cccnc1[C@H](Cc1ccccc1)NC(=O)Cc1cn(C)c2ccc(O)cc12. The number of phenols is 1. The van der Waals surface area contributed by atoms with E-state index in [1.54, 1.807) is 18.3 Å². The van der Waals surface area contributed by atoms with E-state index in [1.165, 1.54) is 0 Å². The van der Waals surface area contributed by atoms with Crippen LogP contribution in [0.15, 0.2) is 97.3 Å². The third kappa shape index (κ3) is 4.86. The summed E-state index contributed by atoms with van der Waals surface area (Å²) >= 11 is 0. The second-order valence-electron chi connectivity index (χ2n) is 9.20. The van der Waals surface area contributed by atoms with E-state index in [9.17, 15) is 9.90 Å². The summed E-state index contributed by atoms with van der Waals surface area (Å²) in [6.07, 6.45) is 4.57. The highest BCUT2D eigenvalue weighted by Crippen LogP contribution is 2.31. The number of phenolic OH excluding ortho intramolecular Hbond substituents is 1. The third-order valence-electron chi connectivity index (χ3n) is 6.63. The number of aromatic nitrogens is 2. The van der Waals surface area contributed by atoms with Gasteiger partial charge in [0, 0.05) is 35.9 Å². The van der Waals surface area contributed by atoms with E-state index in [-0.39, 0.29) is 24.1 Å². The van der Waals surface area contributed by atoms with Gasteiger partial charge in [-0.25, -0.2) is 0 Å². The number of aromatic hydroxyl groups is 1. The fraction of sp³-hybridized carbons (Fsp3) is 0.161. The Balaban J connectivity index is 1.49. The van der Waals surface area contributed by atoms with Gasteiger partial charge >= 0.3 is 0 Å². The fourth-order valence-electron chi connectivity index (χ4n) is 4.88. The van der Waals surface area contributed by atoms with Crippen molar-refractivity contribution in [2.45, 2.75) is 25.8 Å². The summed E-state index contributed by atoms with van der Waals surface area (Å²) in [6.45, 7) is 2.09. The van der Waals surface area contributed by atoms with Crippen molar-refractivity contribution in [2.24, 2.45) is 7.05 Å². The van der Waals surface area contributed by atoms with E-state index in [4.69, 9.17) is 4.98 Å². The minimum Gasteiger partial charge on any atom is -0.508 e. The van der Waals surface area contributed by atoms with Crippen molar-refractivity contribution in [3.63, 3.8) is 0 Å². The van der Waals surface area contributed by atoms with Crippen molar-refractivity contribution >= 4 is 16.8 Å². The van der Waals surface area contributed by atoms with Gasteiger partial charge in [-0.3, -0.25) is 9.78 Å². The molecule has 1 atom stereocenters. The molecule has 0 radical (unpaired) electrons. The van der Waals surface area contributed by atoms with Crippen LogP contribution in [0.4, 0.5) is 0 Å². The number of rotatable bonds is 7. The van der Waals surface area contributed by atoms with Gasteiger partial charge in [0.1, 0.15) is 5.75 Å². The van der Waals surface area contributed by atoms with Crippen molar-refractivity contribution in [3.05, 3.63) is 120 Å². The Bertz CT molecular complexity index is 1520. The van der Waals surface area contributed by atoms with Gasteiger partial charge in [0.15, 0.2) is 0 Å². The number of benzene rings is 3. The Morgan fingerprint density at radius 1 is 0.972 bits per heavy atom. The van der Waals surface area contributed by atoms with Gasteiger partial charge in [0.05, 0.1) is 18.2 Å². The van der Waals surface area contributed by atoms with Crippen LogP contribution in [0, 0.1) is 6.92 Å². The van der Waals surface area contributed by atoms with Crippen molar-refractivity contribution in [3.8, 4) is 16.9 Å². The maximum atomic E-state index is 13.4. The van der Waals surface area contributed by atoms with Gasteiger partial charge in [0.25, 0.3) is 0 Å². The number of fused-ring (bicyclic) bond motifs is 1. The first kappa shape index (κ1) is 23.4. The molecule has 1 amide bonds. The third-order valence-corrected chi connectivity index (χ3v) is 6.63. The molecule has 0 unspecified atom stereocenters. The molecule has 2 aromatic heterocycles. The van der Waals surface area contributed by atoms with Crippen LogP contribution in [0.3, 0.4) is 0 Å². The van der Waals surface area contributed by atoms with Crippen LogP contribution >= 0.6 is 0 Å². The number of hydrogen-bond donors (Lipinski definition) is 2. The van der Waals surface area contributed by atoms with Gasteiger partial charge in [-0.15, -0.1) is 0 Å². The minimum absolute atomic E-state index is 0.0897. The standard InChI is InChI=1S/C31H29N3O2/c1-21-9-6-7-12-25(21)26-13-8-16-32-31(26)28(17-22-10-4-3-5-11-22)33-30(36)18-23-20-34(2)29-15-14-24(35)19-27(23)29/h3-16,19-20,28,35H,17-18H2,1-2H3,(H,33,36)/t28-/m0/s1. The lowest BCUT2D eigenvalue weighted by Crippen LogP contribution is -2.32. The van der Waals surface area contributed by atoms with Crippen LogP contribution in [0.2, 0.25) is 0 Å². The van der Waals surface area contributed by atoms with E-state index >= 15 is 0 Å². The molecule has 2 N–H and O–H groups in total. The van der Waals surface area contributed by atoms with E-state index in [1.807, 2.05) is 60.3 Å². The average molecular weight is 476 g/mol. The molecule has 180 valence electrons. The van der Waals surface area contributed by atoms with Crippen LogP contribution in [0.1, 0.15) is 28.4 Å². The number of amides is 1. The second kappa shape index (κ2) is 10.1. The van der Waals surface area contributed by atoms with Crippen LogP contribution < -0.4 is 5.32 Å². The van der Waals surface area contributed by atoms with E-state index in [0.717, 1.165) is 44.4 Å². The van der Waals surface area contributed by atoms with Gasteiger partial charge < -0.3 is 15.0 Å². The molecule has 0 aliphatic carbocycles. The molecular weight excluding hydrogens is 446 g/mol. The molecule has 0 spiro atoms. The normalized spacial score (nSPS) is 11.9. The molecule has 0 aliphatic heterocycles. The molecule has 0 saturated heterocycles. The molecule has 5 rings (SSSR count). The number of nitrogens with zero attached hydrogens (tertiary/aromatic N) is 2. The zero-order valence-electron chi connectivity index (χ0n) is 20.5. The smallest absolute Gasteiger partial charge is 0.225 e. The van der Waals surface area contributed by atoms with Gasteiger partial charge in [0.2, 0.25) is 5.91 Å². The Morgan fingerprint density at radius 2 is 1.72 bits per heavy atom. The number of aryl methyl sites for hydroxylation is 2. The quantitative estimate of drug-likeness (QED) is 0.308. The highest BCUT2D eigenvalue weighted by molar-refractivity contribution is 5.90. The Hall–Kier alpha value is -4.38. The fourth-order valence-corrected chi connectivity index (χ4v) is 4.88. The van der Waals surface area contributed by atoms with Crippen LogP contribution in [0.5, 0.6) is 5.75 Å². The molecule has 2 heterocycles. The summed E-state index contributed by atoms with van der Waals surface area (Å²) in [4.78, 5) is 18.2. The lowest BCUT2D eigenvalue weighted by atomic mass is 9.93. The monoisotopic (exact) mass is 475 g/mol. The molecule has 5 aromatic rings. The Kier molecular flexibility index (Phi) is 6.54. The minimum atomic E-state index is -0.306. The van der Waals surface area contributed by atoms with Gasteiger partial charge in [-0.05, 0) is 59.9 Å². The first-order chi connectivity index (χ1) is 17.5. The van der Waals surface area contributed by atoms with Crippen molar-refractivity contribution in [2.75, 3.05) is 0 Å². The number of carbonyl (C=O) groups is 1. The van der Waals surface area contributed by atoms with Crippen LogP contribution in [-0.2, 0) is 24.7 Å². The average Bonchev–Trinajstić information content (AvgIpc) is 3.18. The summed E-state index contributed by atoms with van der Waals surface area (Å²) in [7, 11) is 1.95. The first-order valence-electron chi connectivity index (χ1n) is 12.1. The molecular formula is C31H29N3O2. The Labute approximate surface area is 211 Å². The summed E-state index contributed by atoms with van der Waals surface area (Å²) in [5.74, 6) is 0.0989. The lowest BCUT2D eigenvalue weighted by molar-refractivity contribution is -0.121. The van der Waals surface area contributed by atoms with E-state index in [0.29, 0.717) is 6.42 Å². The number of nitrogens with one attached hydrogen (secondary N) is 1. The highest BCUT2D eigenvalue weighted by atomic mass is 16.3. The predicted octanol–water partition coefficient (Wildman–Crippen LogP) is 5.90. The number of carbonyl (C=O) groups excluding carboxylic acids is 1. The molecule has 5 heteroatoms. The molecule has 36 heavy (non-hydrogen) atoms. The molecule has 0 bridgehead atoms. The molecule has 0 fully saturated rings. The molecule has 3 aromatic carbocycles.